The Labute approximate surface area is 228 Å². The minimum atomic E-state index is -0.941. The summed E-state index contributed by atoms with van der Waals surface area (Å²) in [6.45, 7) is 7.18. The van der Waals surface area contributed by atoms with E-state index in [0.717, 1.165) is 41.1 Å². The molecule has 0 fully saturated rings. The average Bonchev–Trinajstić information content (AvgIpc) is 3.26. The smallest absolute Gasteiger partial charge is 0.341 e. The number of methoxy groups -OCH3 is 1. The zero-order chi connectivity index (χ0) is 28.2. The highest BCUT2D eigenvalue weighted by Crippen LogP contribution is 2.28. The molecule has 0 aliphatic carbocycles. The minimum Gasteiger partial charge on any atom is -0.478 e. The first-order valence-corrected chi connectivity index (χ1v) is 12.9. The summed E-state index contributed by atoms with van der Waals surface area (Å²) in [6, 6.07) is 19.2. The number of carboxylic acids is 1. The van der Waals surface area contributed by atoms with Crippen LogP contribution in [0.15, 0.2) is 72.9 Å². The molecule has 4 rings (SSSR count). The summed E-state index contributed by atoms with van der Waals surface area (Å²) < 4.78 is 21.4. The van der Waals surface area contributed by atoms with E-state index < -0.39 is 17.8 Å². The van der Waals surface area contributed by atoms with Gasteiger partial charge < -0.3 is 14.4 Å². The van der Waals surface area contributed by atoms with Gasteiger partial charge in [0, 0.05) is 24.9 Å². The summed E-state index contributed by atoms with van der Waals surface area (Å²) in [6.07, 6.45) is 4.26. The third kappa shape index (κ3) is 6.79. The molecule has 1 N–H and O–H groups in total. The summed E-state index contributed by atoms with van der Waals surface area (Å²) >= 11 is 0. The van der Waals surface area contributed by atoms with Gasteiger partial charge in [0.2, 0.25) is 0 Å². The first-order valence-electron chi connectivity index (χ1n) is 12.9. The van der Waals surface area contributed by atoms with Crippen molar-refractivity contribution in [2.45, 2.75) is 46.6 Å². The van der Waals surface area contributed by atoms with Crippen molar-refractivity contribution in [1.29, 1.82) is 0 Å². The molecule has 0 unspecified atom stereocenters. The molecule has 0 radical (unpaired) electrons. The molecule has 1 aromatic heterocycles. The fourth-order valence-electron chi connectivity index (χ4n) is 4.65. The molecule has 0 amide bonds. The molecule has 0 spiro atoms. The molecule has 39 heavy (non-hydrogen) atoms. The fraction of sp³-hybridized carbons (Fsp3) is 0.281. The number of benzene rings is 3. The van der Waals surface area contributed by atoms with Crippen LogP contribution in [0.25, 0.3) is 11.1 Å². The van der Waals surface area contributed by atoms with Crippen molar-refractivity contribution in [3.05, 3.63) is 113 Å². The zero-order valence-electron chi connectivity index (χ0n) is 22.7. The van der Waals surface area contributed by atoms with Crippen molar-refractivity contribution in [3.63, 3.8) is 0 Å². The van der Waals surface area contributed by atoms with E-state index in [4.69, 9.17) is 9.72 Å². The molecular formula is C32H33FN2O4. The Morgan fingerprint density at radius 3 is 2.23 bits per heavy atom. The standard InChI is InChI=1S/C32H33FN2O4/c1-32(2,3)18-25-19-34-28(35(25)20-22-10-15-24(16-11-22)30(36)37)17-12-21-8-13-23(14-9-21)26-6-5-7-27(33)29(26)31(38)39-4/h5-11,13-16,19H,12,17-18,20H2,1-4H3,(H,36,37). The number of nitrogens with zero attached hydrogens (tertiary/aromatic N) is 2. The van der Waals surface area contributed by atoms with Crippen molar-refractivity contribution >= 4 is 11.9 Å². The second-order valence-electron chi connectivity index (χ2n) is 10.8. The maximum Gasteiger partial charge on any atom is 0.341 e. The normalized spacial score (nSPS) is 11.4. The van der Waals surface area contributed by atoms with Crippen molar-refractivity contribution < 1.29 is 23.8 Å². The molecule has 3 aromatic carbocycles. The maximum atomic E-state index is 14.4. The number of carbonyl (C=O) groups is 2. The van der Waals surface area contributed by atoms with Crippen LogP contribution < -0.4 is 0 Å². The fourth-order valence-corrected chi connectivity index (χ4v) is 4.65. The van der Waals surface area contributed by atoms with Crippen molar-refractivity contribution in [2.24, 2.45) is 5.41 Å². The van der Waals surface area contributed by atoms with Crippen molar-refractivity contribution in [2.75, 3.05) is 7.11 Å². The number of imidazole rings is 1. The van der Waals surface area contributed by atoms with Crippen molar-refractivity contribution in [3.8, 4) is 11.1 Å². The second kappa shape index (κ2) is 11.6. The van der Waals surface area contributed by atoms with Crippen LogP contribution in [0, 0.1) is 11.2 Å². The summed E-state index contributed by atoms with van der Waals surface area (Å²) in [4.78, 5) is 28.1. The molecule has 1 heterocycles. The Morgan fingerprint density at radius 1 is 0.949 bits per heavy atom. The average molecular weight is 529 g/mol. The molecule has 0 saturated carbocycles. The molecule has 7 heteroatoms. The zero-order valence-corrected chi connectivity index (χ0v) is 22.7. The van der Waals surface area contributed by atoms with Crippen LogP contribution in [-0.4, -0.2) is 33.7 Å². The lowest BCUT2D eigenvalue weighted by Gasteiger charge is -2.20. The lowest BCUT2D eigenvalue weighted by Crippen LogP contribution is -2.16. The highest BCUT2D eigenvalue weighted by molar-refractivity contribution is 5.97. The van der Waals surface area contributed by atoms with E-state index in [1.165, 1.54) is 13.2 Å². The monoisotopic (exact) mass is 528 g/mol. The number of aromatic nitrogens is 2. The van der Waals surface area contributed by atoms with Crippen LogP contribution >= 0.6 is 0 Å². The first-order chi connectivity index (χ1) is 18.6. The Kier molecular flexibility index (Phi) is 8.29. The Bertz CT molecular complexity index is 1470. The number of hydrogen-bond donors (Lipinski definition) is 1. The number of esters is 1. The number of carbonyl (C=O) groups excluding carboxylic acids is 1. The van der Waals surface area contributed by atoms with E-state index in [2.05, 4.69) is 25.3 Å². The number of rotatable bonds is 9. The number of ether oxygens (including phenoxy) is 1. The van der Waals surface area contributed by atoms with Crippen LogP contribution in [0.1, 0.15) is 64.1 Å². The SMILES string of the molecule is COC(=O)c1c(F)cccc1-c1ccc(CCc2ncc(CC(C)(C)C)n2Cc2ccc(C(=O)O)cc2)cc1. The Morgan fingerprint density at radius 2 is 1.62 bits per heavy atom. The highest BCUT2D eigenvalue weighted by atomic mass is 19.1. The molecule has 0 aliphatic heterocycles. The van der Waals surface area contributed by atoms with Gasteiger partial charge in [-0.2, -0.15) is 0 Å². The van der Waals surface area contributed by atoms with Crippen LogP contribution in [0.2, 0.25) is 0 Å². The van der Waals surface area contributed by atoms with E-state index in [1.54, 1.807) is 24.3 Å². The summed E-state index contributed by atoms with van der Waals surface area (Å²) in [7, 11) is 1.24. The lowest BCUT2D eigenvalue weighted by atomic mass is 9.90. The van der Waals surface area contributed by atoms with Gasteiger partial charge in [-0.05, 0) is 58.7 Å². The third-order valence-electron chi connectivity index (χ3n) is 6.58. The molecule has 6 nitrogen and oxygen atoms in total. The number of carboxylic acid groups (broad SMARTS) is 1. The number of halogens is 1. The second-order valence-corrected chi connectivity index (χ2v) is 10.8. The van der Waals surface area contributed by atoms with Crippen LogP contribution in [0.3, 0.4) is 0 Å². The summed E-state index contributed by atoms with van der Waals surface area (Å²) in [5, 5.41) is 9.22. The van der Waals surface area contributed by atoms with Crippen LogP contribution in [0.4, 0.5) is 4.39 Å². The van der Waals surface area contributed by atoms with Gasteiger partial charge in [-0.15, -0.1) is 0 Å². The number of aryl methyl sites for hydroxylation is 2. The van der Waals surface area contributed by atoms with Crippen molar-refractivity contribution in [1.82, 2.24) is 9.55 Å². The number of hydrogen-bond acceptors (Lipinski definition) is 4. The molecule has 202 valence electrons. The Hall–Kier alpha value is -4.26. The molecule has 0 saturated heterocycles. The highest BCUT2D eigenvalue weighted by Gasteiger charge is 2.19. The van der Waals surface area contributed by atoms with Gasteiger partial charge in [0.15, 0.2) is 0 Å². The van der Waals surface area contributed by atoms with Crippen LogP contribution in [-0.2, 0) is 30.5 Å². The van der Waals surface area contributed by atoms with E-state index >= 15 is 0 Å². The van der Waals surface area contributed by atoms with E-state index in [0.29, 0.717) is 18.5 Å². The van der Waals surface area contributed by atoms with E-state index in [1.807, 2.05) is 42.6 Å². The van der Waals surface area contributed by atoms with Gasteiger partial charge in [0.05, 0.1) is 12.7 Å². The first kappa shape index (κ1) is 27.8. The molecule has 0 atom stereocenters. The molecular weight excluding hydrogens is 495 g/mol. The van der Waals surface area contributed by atoms with Gasteiger partial charge in [-0.1, -0.05) is 69.3 Å². The maximum absolute atomic E-state index is 14.4. The van der Waals surface area contributed by atoms with Gasteiger partial charge in [0.1, 0.15) is 17.2 Å². The minimum absolute atomic E-state index is 0.0717. The molecule has 4 aromatic rings. The third-order valence-corrected chi connectivity index (χ3v) is 6.58. The van der Waals surface area contributed by atoms with E-state index in [9.17, 15) is 19.1 Å². The van der Waals surface area contributed by atoms with Gasteiger partial charge in [-0.25, -0.2) is 19.0 Å². The Balaban J connectivity index is 1.55. The van der Waals surface area contributed by atoms with Gasteiger partial charge >= 0.3 is 11.9 Å². The number of aromatic carboxylic acids is 1. The van der Waals surface area contributed by atoms with E-state index in [-0.39, 0.29) is 16.5 Å². The van der Waals surface area contributed by atoms with Gasteiger partial charge in [-0.3, -0.25) is 0 Å². The topological polar surface area (TPSA) is 81.4 Å². The summed E-state index contributed by atoms with van der Waals surface area (Å²) in [5.41, 5.74) is 4.73. The predicted molar refractivity (Wildman–Crippen MR) is 148 cm³/mol. The van der Waals surface area contributed by atoms with Crippen LogP contribution in [0.5, 0.6) is 0 Å². The predicted octanol–water partition coefficient (Wildman–Crippen LogP) is 6.60. The molecule has 0 bridgehead atoms. The summed E-state index contributed by atoms with van der Waals surface area (Å²) in [5.74, 6) is -1.30. The largest absolute Gasteiger partial charge is 0.478 e. The van der Waals surface area contributed by atoms with Gasteiger partial charge in [0.25, 0.3) is 0 Å². The lowest BCUT2D eigenvalue weighted by molar-refractivity contribution is 0.0595. The molecule has 0 aliphatic rings. The quantitative estimate of drug-likeness (QED) is 0.248.